The van der Waals surface area contributed by atoms with Crippen LogP contribution in [-0.2, 0) is 11.3 Å². The number of amides is 4. The number of hydrogen-bond donors (Lipinski definition) is 0. The molecule has 4 amide bonds. The van der Waals surface area contributed by atoms with Crippen molar-refractivity contribution in [1.29, 1.82) is 0 Å². The van der Waals surface area contributed by atoms with Crippen molar-refractivity contribution in [3.63, 3.8) is 0 Å². The highest BCUT2D eigenvalue weighted by atomic mass is 16.2. The van der Waals surface area contributed by atoms with Crippen LogP contribution in [0, 0.1) is 11.8 Å². The van der Waals surface area contributed by atoms with Gasteiger partial charge in [0.15, 0.2) is 0 Å². The Morgan fingerprint density at radius 3 is 2.61 bits per heavy atom. The Labute approximate surface area is 182 Å². The maximum atomic E-state index is 13.3. The van der Waals surface area contributed by atoms with Crippen molar-refractivity contribution in [2.45, 2.75) is 45.2 Å². The van der Waals surface area contributed by atoms with Gasteiger partial charge in [-0.1, -0.05) is 0 Å². The summed E-state index contributed by atoms with van der Waals surface area (Å²) in [6.45, 7) is 7.13. The molecule has 0 aliphatic carbocycles. The van der Waals surface area contributed by atoms with E-state index in [-0.39, 0.29) is 11.9 Å². The van der Waals surface area contributed by atoms with E-state index in [2.05, 4.69) is 10.00 Å². The highest BCUT2D eigenvalue weighted by Crippen LogP contribution is 2.38. The van der Waals surface area contributed by atoms with Crippen LogP contribution in [0.4, 0.5) is 4.79 Å². The van der Waals surface area contributed by atoms with E-state index in [1.165, 1.54) is 0 Å². The van der Waals surface area contributed by atoms with Gasteiger partial charge in [-0.3, -0.25) is 14.3 Å². The molecule has 4 aliphatic rings. The van der Waals surface area contributed by atoms with E-state index in [1.54, 1.807) is 16.9 Å². The summed E-state index contributed by atoms with van der Waals surface area (Å²) >= 11 is 0. The normalized spacial score (nSPS) is 28.5. The fraction of sp³-hybridized carbons (Fsp3) is 0.727. The van der Waals surface area contributed by atoms with E-state index in [0.717, 1.165) is 38.9 Å². The lowest BCUT2D eigenvalue weighted by Crippen LogP contribution is -2.63. The number of hydrogen-bond acceptors (Lipinski definition) is 4. The molecule has 0 unspecified atom stereocenters. The van der Waals surface area contributed by atoms with Crippen LogP contribution in [0.5, 0.6) is 0 Å². The van der Waals surface area contributed by atoms with Crippen LogP contribution in [0.15, 0.2) is 12.3 Å². The van der Waals surface area contributed by atoms with Crippen LogP contribution in [0.3, 0.4) is 0 Å². The maximum absolute atomic E-state index is 13.3. The lowest BCUT2D eigenvalue weighted by Gasteiger charge is -2.53. The lowest BCUT2D eigenvalue weighted by molar-refractivity contribution is -0.144. The van der Waals surface area contributed by atoms with Crippen LogP contribution in [0.25, 0.3) is 0 Å². The first kappa shape index (κ1) is 20.3. The zero-order chi connectivity index (χ0) is 21.5. The lowest BCUT2D eigenvalue weighted by atomic mass is 9.76. The fourth-order valence-corrected chi connectivity index (χ4v) is 6.00. The van der Waals surface area contributed by atoms with E-state index in [9.17, 15) is 14.4 Å². The van der Waals surface area contributed by atoms with Crippen molar-refractivity contribution in [1.82, 2.24) is 29.4 Å². The molecule has 1 aromatic rings. The average molecular weight is 429 g/mol. The zero-order valence-electron chi connectivity index (χ0n) is 18.3. The van der Waals surface area contributed by atoms with E-state index in [0.29, 0.717) is 68.6 Å². The number of carbonyl (C=O) groups is 3. The van der Waals surface area contributed by atoms with Gasteiger partial charge in [-0.15, -0.1) is 0 Å². The molecule has 5 rings (SSSR count). The molecule has 0 spiro atoms. The van der Waals surface area contributed by atoms with Gasteiger partial charge in [0.25, 0.3) is 5.91 Å². The fourth-order valence-electron chi connectivity index (χ4n) is 6.00. The monoisotopic (exact) mass is 428 g/mol. The first-order chi connectivity index (χ1) is 15.0. The Morgan fingerprint density at radius 2 is 1.84 bits per heavy atom. The van der Waals surface area contributed by atoms with Crippen LogP contribution in [-0.4, -0.2) is 99.1 Å². The summed E-state index contributed by atoms with van der Waals surface area (Å²) in [4.78, 5) is 46.3. The largest absolute Gasteiger partial charge is 0.339 e. The number of nitrogens with zero attached hydrogens (tertiary/aromatic N) is 6. The van der Waals surface area contributed by atoms with Crippen LogP contribution < -0.4 is 0 Å². The first-order valence-corrected chi connectivity index (χ1v) is 11.7. The van der Waals surface area contributed by atoms with Gasteiger partial charge in [-0.05, 0) is 44.1 Å². The molecule has 0 radical (unpaired) electrons. The third-order valence-electron chi connectivity index (χ3n) is 7.52. The van der Waals surface area contributed by atoms with Crippen molar-refractivity contribution in [3.8, 4) is 0 Å². The molecule has 9 nitrogen and oxygen atoms in total. The van der Waals surface area contributed by atoms with Gasteiger partial charge in [0.1, 0.15) is 5.69 Å². The number of likely N-dealkylation sites (tertiary alicyclic amines) is 1. The minimum atomic E-state index is -0.0130. The first-order valence-electron chi connectivity index (χ1n) is 11.7. The molecule has 4 fully saturated rings. The molecule has 168 valence electrons. The molecule has 2 bridgehead atoms. The predicted molar refractivity (Wildman–Crippen MR) is 113 cm³/mol. The highest BCUT2D eigenvalue weighted by molar-refractivity contribution is 5.92. The number of rotatable bonds is 2. The number of piperazine rings is 1. The molecule has 5 heterocycles. The van der Waals surface area contributed by atoms with Crippen molar-refractivity contribution in [2.75, 3.05) is 45.8 Å². The number of aryl methyl sites for hydroxylation is 1. The van der Waals surface area contributed by atoms with Gasteiger partial charge >= 0.3 is 6.03 Å². The summed E-state index contributed by atoms with van der Waals surface area (Å²) in [5.41, 5.74) is 0.609. The Morgan fingerprint density at radius 1 is 1.06 bits per heavy atom. The smallest absolute Gasteiger partial charge is 0.320 e. The van der Waals surface area contributed by atoms with Gasteiger partial charge in [0, 0.05) is 71.0 Å². The minimum absolute atomic E-state index is 0.0130. The number of piperidine rings is 3. The summed E-state index contributed by atoms with van der Waals surface area (Å²) in [5.74, 6) is 1.08. The SMILES string of the molecule is CCn1nccc1C(=O)N1CCN(C(=O)N2C[C@H]3C[C@H](C2)[C@H]2CCCC(=O)N2C3)CC1. The second-order valence-corrected chi connectivity index (χ2v) is 9.37. The van der Waals surface area contributed by atoms with Gasteiger partial charge < -0.3 is 19.6 Å². The zero-order valence-corrected chi connectivity index (χ0v) is 18.3. The Kier molecular flexibility index (Phi) is 5.35. The summed E-state index contributed by atoms with van der Waals surface area (Å²) in [6, 6.07) is 2.16. The molecule has 4 aliphatic heterocycles. The van der Waals surface area contributed by atoms with Crippen molar-refractivity contribution in [3.05, 3.63) is 18.0 Å². The molecule has 0 aromatic carbocycles. The van der Waals surface area contributed by atoms with Gasteiger partial charge in [-0.25, -0.2) is 4.79 Å². The average Bonchev–Trinajstić information content (AvgIpc) is 3.28. The Bertz CT molecular complexity index is 861. The van der Waals surface area contributed by atoms with Crippen LogP contribution in [0.1, 0.15) is 43.1 Å². The van der Waals surface area contributed by atoms with Crippen LogP contribution >= 0.6 is 0 Å². The summed E-state index contributed by atoms with van der Waals surface area (Å²) in [7, 11) is 0. The molecular weight excluding hydrogens is 396 g/mol. The second-order valence-electron chi connectivity index (χ2n) is 9.37. The molecular formula is C22H32N6O3. The van der Waals surface area contributed by atoms with Gasteiger partial charge in [-0.2, -0.15) is 5.10 Å². The Balaban J connectivity index is 1.19. The van der Waals surface area contributed by atoms with Crippen molar-refractivity contribution in [2.24, 2.45) is 11.8 Å². The maximum Gasteiger partial charge on any atom is 0.320 e. The summed E-state index contributed by atoms with van der Waals surface area (Å²) in [5, 5.41) is 4.19. The standard InChI is InChI=1S/C22H32N6O3/c1-2-28-19(6-7-23-28)21(30)24-8-10-25(11-9-24)22(31)26-13-16-12-17(15-26)18-4-3-5-20(29)27(18)14-16/h6-7,16-18H,2-5,8-15H2,1H3/t16-,17-,18-/m1/s1. The summed E-state index contributed by atoms with van der Waals surface area (Å²) in [6.07, 6.45) is 5.51. The van der Waals surface area contributed by atoms with Gasteiger partial charge in [0.05, 0.1) is 0 Å². The van der Waals surface area contributed by atoms with E-state index < -0.39 is 0 Å². The number of carbonyl (C=O) groups excluding carboxylic acids is 3. The molecule has 9 heteroatoms. The quantitative estimate of drug-likeness (QED) is 0.707. The van der Waals surface area contributed by atoms with Crippen molar-refractivity contribution < 1.29 is 14.4 Å². The van der Waals surface area contributed by atoms with E-state index in [1.807, 2.05) is 21.6 Å². The molecule has 3 atom stereocenters. The van der Waals surface area contributed by atoms with Crippen LogP contribution in [0.2, 0.25) is 0 Å². The van der Waals surface area contributed by atoms with E-state index >= 15 is 0 Å². The number of aromatic nitrogens is 2. The molecule has 0 saturated carbocycles. The summed E-state index contributed by atoms with van der Waals surface area (Å²) < 4.78 is 1.71. The predicted octanol–water partition coefficient (Wildman–Crippen LogP) is 1.11. The van der Waals surface area contributed by atoms with Crippen molar-refractivity contribution >= 4 is 17.8 Å². The number of urea groups is 1. The third-order valence-corrected chi connectivity index (χ3v) is 7.52. The van der Waals surface area contributed by atoms with E-state index in [4.69, 9.17) is 0 Å². The molecule has 0 N–H and O–H groups in total. The third kappa shape index (κ3) is 3.68. The highest BCUT2D eigenvalue weighted by Gasteiger charge is 2.45. The molecule has 1 aromatic heterocycles. The molecule has 4 saturated heterocycles. The number of fused-ring (bicyclic) bond motifs is 4. The second kappa shape index (κ2) is 8.16. The minimum Gasteiger partial charge on any atom is -0.339 e. The van der Waals surface area contributed by atoms with Gasteiger partial charge in [0.2, 0.25) is 5.91 Å². The Hall–Kier alpha value is -2.58. The topological polar surface area (TPSA) is 82.0 Å². The molecule has 31 heavy (non-hydrogen) atoms.